The van der Waals surface area contributed by atoms with E-state index in [-0.39, 0.29) is 12.8 Å². The smallest absolute Gasteiger partial charge is 0.263 e. The van der Waals surface area contributed by atoms with Gasteiger partial charge in [0.1, 0.15) is 5.82 Å². The molecule has 3 aromatic rings. The van der Waals surface area contributed by atoms with Crippen molar-refractivity contribution >= 4 is 22.5 Å². The van der Waals surface area contributed by atoms with E-state index in [9.17, 15) is 9.18 Å². The van der Waals surface area contributed by atoms with E-state index in [1.54, 1.807) is 18.5 Å². The van der Waals surface area contributed by atoms with Gasteiger partial charge >= 0.3 is 0 Å². The van der Waals surface area contributed by atoms with Crippen LogP contribution in [0.15, 0.2) is 42.9 Å². The third-order valence-corrected chi connectivity index (χ3v) is 3.89. The number of nitrogens with zero attached hydrogens (tertiary/aromatic N) is 2. The van der Waals surface area contributed by atoms with Gasteiger partial charge in [-0.1, -0.05) is 12.1 Å². The standard InChI is InChI=1S/C16H13FN4O/c17-16(3-4-16)15(22)21-14-6-12-5-10(13-8-19-20-9-13)1-2-11(12)7-18-14/h1-2,5-9H,3-4H2,(H,19,20)(H,18,21,22). The second-order valence-electron chi connectivity index (χ2n) is 5.54. The van der Waals surface area contributed by atoms with Crippen molar-refractivity contribution in [3.05, 3.63) is 42.9 Å². The molecule has 0 radical (unpaired) electrons. The number of H-pyrrole nitrogens is 1. The van der Waals surface area contributed by atoms with Gasteiger partial charge in [-0.25, -0.2) is 9.37 Å². The SMILES string of the molecule is O=C(Nc1cc2cc(-c3cn[nH]c3)ccc2cn1)C1(F)CC1. The molecule has 1 aliphatic rings. The summed E-state index contributed by atoms with van der Waals surface area (Å²) in [6, 6.07) is 7.67. The van der Waals surface area contributed by atoms with E-state index in [0.29, 0.717) is 5.82 Å². The van der Waals surface area contributed by atoms with Crippen LogP contribution in [-0.4, -0.2) is 26.8 Å². The fraction of sp³-hybridized carbons (Fsp3) is 0.188. The molecule has 0 bridgehead atoms. The van der Waals surface area contributed by atoms with E-state index in [0.717, 1.165) is 21.9 Å². The lowest BCUT2D eigenvalue weighted by Gasteiger charge is -2.08. The average Bonchev–Trinajstić information content (AvgIpc) is 3.06. The number of anilines is 1. The molecule has 2 aromatic heterocycles. The molecule has 0 aliphatic heterocycles. The Bertz CT molecular complexity index is 856. The number of rotatable bonds is 3. The summed E-state index contributed by atoms with van der Waals surface area (Å²) in [6.45, 7) is 0. The van der Waals surface area contributed by atoms with Gasteiger partial charge in [0.2, 0.25) is 0 Å². The number of aromatic amines is 1. The van der Waals surface area contributed by atoms with Gasteiger partial charge in [0, 0.05) is 23.3 Å². The highest BCUT2D eigenvalue weighted by Gasteiger charge is 2.50. The number of carbonyl (C=O) groups excluding carboxylic acids is 1. The minimum atomic E-state index is -1.70. The molecular formula is C16H13FN4O. The van der Waals surface area contributed by atoms with Gasteiger partial charge in [-0.2, -0.15) is 5.10 Å². The predicted molar refractivity (Wildman–Crippen MR) is 81.0 cm³/mol. The van der Waals surface area contributed by atoms with E-state index >= 15 is 0 Å². The summed E-state index contributed by atoms with van der Waals surface area (Å²) in [4.78, 5) is 15.9. The van der Waals surface area contributed by atoms with Crippen molar-refractivity contribution in [1.29, 1.82) is 0 Å². The summed E-state index contributed by atoms with van der Waals surface area (Å²) in [5, 5.41) is 11.1. The minimum Gasteiger partial charge on any atom is -0.308 e. The van der Waals surface area contributed by atoms with Crippen molar-refractivity contribution in [2.45, 2.75) is 18.5 Å². The monoisotopic (exact) mass is 296 g/mol. The van der Waals surface area contributed by atoms with Gasteiger partial charge in [-0.05, 0) is 35.9 Å². The van der Waals surface area contributed by atoms with Gasteiger partial charge in [0.05, 0.1) is 6.20 Å². The zero-order valence-corrected chi connectivity index (χ0v) is 11.6. The lowest BCUT2D eigenvalue weighted by atomic mass is 10.1. The normalized spacial score (nSPS) is 15.7. The Morgan fingerprint density at radius 3 is 2.77 bits per heavy atom. The van der Waals surface area contributed by atoms with Crippen LogP contribution in [0.3, 0.4) is 0 Å². The fourth-order valence-electron chi connectivity index (χ4n) is 2.36. The van der Waals surface area contributed by atoms with Crippen LogP contribution >= 0.6 is 0 Å². The zero-order valence-electron chi connectivity index (χ0n) is 11.6. The van der Waals surface area contributed by atoms with Gasteiger partial charge in [0.25, 0.3) is 5.91 Å². The molecule has 1 saturated carbocycles. The van der Waals surface area contributed by atoms with Gasteiger partial charge in [-0.3, -0.25) is 9.89 Å². The first-order chi connectivity index (χ1) is 10.6. The maximum absolute atomic E-state index is 13.7. The number of aromatic nitrogens is 3. The third-order valence-electron chi connectivity index (χ3n) is 3.89. The van der Waals surface area contributed by atoms with E-state index in [4.69, 9.17) is 0 Å². The number of carbonyl (C=O) groups is 1. The number of benzene rings is 1. The van der Waals surface area contributed by atoms with Gasteiger partial charge in [-0.15, -0.1) is 0 Å². The number of halogens is 1. The summed E-state index contributed by atoms with van der Waals surface area (Å²) in [5.74, 6) is -0.240. The number of hydrogen-bond donors (Lipinski definition) is 2. The lowest BCUT2D eigenvalue weighted by Crippen LogP contribution is -2.25. The van der Waals surface area contributed by atoms with Crippen molar-refractivity contribution in [1.82, 2.24) is 15.2 Å². The van der Waals surface area contributed by atoms with Crippen LogP contribution in [0.25, 0.3) is 21.9 Å². The molecular weight excluding hydrogens is 283 g/mol. The number of amides is 1. The van der Waals surface area contributed by atoms with Crippen LogP contribution in [0.1, 0.15) is 12.8 Å². The summed E-state index contributed by atoms with van der Waals surface area (Å²) >= 11 is 0. The molecule has 110 valence electrons. The highest BCUT2D eigenvalue weighted by molar-refractivity contribution is 6.00. The molecule has 1 amide bonds. The molecule has 22 heavy (non-hydrogen) atoms. The summed E-state index contributed by atoms with van der Waals surface area (Å²) in [5.41, 5.74) is 0.286. The predicted octanol–water partition coefficient (Wildman–Crippen LogP) is 3.07. The number of nitrogens with one attached hydrogen (secondary N) is 2. The summed E-state index contributed by atoms with van der Waals surface area (Å²) in [7, 11) is 0. The molecule has 1 aliphatic carbocycles. The quantitative estimate of drug-likeness (QED) is 0.780. The van der Waals surface area contributed by atoms with Crippen LogP contribution < -0.4 is 5.32 Å². The second-order valence-corrected chi connectivity index (χ2v) is 5.54. The van der Waals surface area contributed by atoms with Crippen molar-refractivity contribution < 1.29 is 9.18 Å². The van der Waals surface area contributed by atoms with Crippen LogP contribution in [0.4, 0.5) is 10.2 Å². The summed E-state index contributed by atoms with van der Waals surface area (Å²) in [6.07, 6.45) is 5.80. The highest BCUT2D eigenvalue weighted by Crippen LogP contribution is 2.40. The largest absolute Gasteiger partial charge is 0.308 e. The average molecular weight is 296 g/mol. The molecule has 5 nitrogen and oxygen atoms in total. The first-order valence-corrected chi connectivity index (χ1v) is 7.03. The minimum absolute atomic E-state index is 0.289. The van der Waals surface area contributed by atoms with Crippen LogP contribution in [0, 0.1) is 0 Å². The molecule has 1 aromatic carbocycles. The molecule has 0 saturated heterocycles. The number of alkyl halides is 1. The Morgan fingerprint density at radius 1 is 1.18 bits per heavy atom. The van der Waals surface area contributed by atoms with Crippen molar-refractivity contribution in [3.8, 4) is 11.1 Å². The van der Waals surface area contributed by atoms with E-state index in [1.807, 2.05) is 24.4 Å². The number of hydrogen-bond acceptors (Lipinski definition) is 3. The molecule has 6 heteroatoms. The van der Waals surface area contributed by atoms with Gasteiger partial charge < -0.3 is 5.32 Å². The van der Waals surface area contributed by atoms with E-state index in [1.165, 1.54) is 0 Å². The van der Waals surface area contributed by atoms with Crippen molar-refractivity contribution in [2.75, 3.05) is 5.32 Å². The van der Waals surface area contributed by atoms with Crippen LogP contribution in [0.2, 0.25) is 0 Å². The van der Waals surface area contributed by atoms with E-state index in [2.05, 4.69) is 20.5 Å². The molecule has 0 unspecified atom stereocenters. The molecule has 2 N–H and O–H groups in total. The third kappa shape index (κ3) is 2.22. The highest BCUT2D eigenvalue weighted by atomic mass is 19.1. The zero-order chi connectivity index (χ0) is 15.2. The number of pyridine rings is 1. The lowest BCUT2D eigenvalue weighted by molar-refractivity contribution is -0.122. The van der Waals surface area contributed by atoms with Crippen LogP contribution in [-0.2, 0) is 4.79 Å². The Hall–Kier alpha value is -2.76. The van der Waals surface area contributed by atoms with Crippen LogP contribution in [0.5, 0.6) is 0 Å². The second kappa shape index (κ2) is 4.62. The first kappa shape index (κ1) is 12.9. The Balaban J connectivity index is 1.68. The van der Waals surface area contributed by atoms with Gasteiger partial charge in [0.15, 0.2) is 5.67 Å². The molecule has 0 atom stereocenters. The first-order valence-electron chi connectivity index (χ1n) is 7.03. The molecule has 4 rings (SSSR count). The molecule has 2 heterocycles. The Morgan fingerprint density at radius 2 is 2.05 bits per heavy atom. The maximum Gasteiger partial charge on any atom is 0.263 e. The maximum atomic E-state index is 13.7. The molecule has 1 fully saturated rings. The van der Waals surface area contributed by atoms with Crippen molar-refractivity contribution in [2.24, 2.45) is 0 Å². The molecule has 0 spiro atoms. The number of fused-ring (bicyclic) bond motifs is 1. The fourth-order valence-corrected chi connectivity index (χ4v) is 2.36. The summed E-state index contributed by atoms with van der Waals surface area (Å²) < 4.78 is 13.7. The van der Waals surface area contributed by atoms with Crippen molar-refractivity contribution in [3.63, 3.8) is 0 Å². The Labute approximate surface area is 125 Å². The topological polar surface area (TPSA) is 70.7 Å². The van der Waals surface area contributed by atoms with E-state index < -0.39 is 11.6 Å². The Kier molecular flexibility index (Phi) is 2.72.